The van der Waals surface area contributed by atoms with Gasteiger partial charge in [-0.25, -0.2) is 9.78 Å². The highest BCUT2D eigenvalue weighted by molar-refractivity contribution is 6.37. The molecule has 3 aromatic rings. The molecule has 0 atom stereocenters. The molecular weight excluding hydrogens is 391 g/mol. The van der Waals surface area contributed by atoms with Crippen LogP contribution in [0.1, 0.15) is 5.56 Å². The zero-order valence-electron chi connectivity index (χ0n) is 14.4. The predicted molar refractivity (Wildman–Crippen MR) is 106 cm³/mol. The van der Waals surface area contributed by atoms with Gasteiger partial charge in [-0.3, -0.25) is 18.7 Å². The van der Waals surface area contributed by atoms with Crippen LogP contribution in [-0.4, -0.2) is 20.0 Å². The number of rotatable bonds is 3. The maximum Gasteiger partial charge on any atom is 0.332 e. The molecule has 2 aromatic heterocycles. The lowest BCUT2D eigenvalue weighted by Crippen LogP contribution is -2.37. The summed E-state index contributed by atoms with van der Waals surface area (Å²) in [4.78, 5) is 40.5. The van der Waals surface area contributed by atoms with Crippen LogP contribution >= 0.6 is 23.2 Å². The second-order valence-corrected chi connectivity index (χ2v) is 6.57. The van der Waals surface area contributed by atoms with Gasteiger partial charge < -0.3 is 5.32 Å². The fourth-order valence-corrected chi connectivity index (χ4v) is 3.07. The van der Waals surface area contributed by atoms with Gasteiger partial charge in [-0.1, -0.05) is 29.3 Å². The molecular formula is C18H14Cl2N4O3. The maximum atomic E-state index is 12.3. The number of amides is 1. The molecule has 0 saturated carbocycles. The number of hydrogen-bond donors (Lipinski definition) is 1. The number of anilines is 1. The van der Waals surface area contributed by atoms with Crippen LogP contribution in [0, 0.1) is 0 Å². The number of carbonyl (C=O) groups is 1. The molecule has 0 radical (unpaired) electrons. The molecule has 0 saturated heterocycles. The van der Waals surface area contributed by atoms with Crippen molar-refractivity contribution in [3.63, 3.8) is 0 Å². The number of aromatic nitrogens is 3. The van der Waals surface area contributed by atoms with E-state index in [1.54, 1.807) is 18.2 Å². The van der Waals surface area contributed by atoms with Gasteiger partial charge in [0, 0.05) is 35.8 Å². The topological polar surface area (TPSA) is 86.0 Å². The normalized spacial score (nSPS) is 11.3. The number of pyridine rings is 1. The summed E-state index contributed by atoms with van der Waals surface area (Å²) >= 11 is 12.1. The minimum absolute atomic E-state index is 0.218. The van der Waals surface area contributed by atoms with E-state index in [1.165, 1.54) is 43.1 Å². The van der Waals surface area contributed by atoms with E-state index in [9.17, 15) is 14.4 Å². The first-order chi connectivity index (χ1) is 12.8. The Kier molecular flexibility index (Phi) is 5.16. The third-order valence-corrected chi connectivity index (χ3v) is 4.62. The Hall–Kier alpha value is -2.90. The van der Waals surface area contributed by atoms with Gasteiger partial charge in [0.15, 0.2) is 0 Å². The maximum absolute atomic E-state index is 12.3. The molecule has 9 heteroatoms. The van der Waals surface area contributed by atoms with Crippen LogP contribution in [0.4, 0.5) is 5.69 Å². The fourth-order valence-electron chi connectivity index (χ4n) is 2.55. The first kappa shape index (κ1) is 18.9. The molecule has 0 aliphatic carbocycles. The number of halogens is 2. The van der Waals surface area contributed by atoms with E-state index in [0.717, 1.165) is 4.57 Å². The lowest BCUT2D eigenvalue weighted by Gasteiger charge is -2.08. The third kappa shape index (κ3) is 3.65. The summed E-state index contributed by atoms with van der Waals surface area (Å²) in [5.74, 6) is -0.450. The van der Waals surface area contributed by atoms with Crippen LogP contribution in [0.5, 0.6) is 0 Å². The van der Waals surface area contributed by atoms with Crippen molar-refractivity contribution in [2.75, 3.05) is 5.32 Å². The number of hydrogen-bond acceptors (Lipinski definition) is 4. The second-order valence-electron chi connectivity index (χ2n) is 5.76. The van der Waals surface area contributed by atoms with Crippen LogP contribution in [0.15, 0.2) is 46.1 Å². The van der Waals surface area contributed by atoms with E-state index in [2.05, 4.69) is 10.3 Å². The minimum Gasteiger partial charge on any atom is -0.321 e. The number of carbonyl (C=O) groups excluding carboxylic acids is 1. The number of fused-ring (bicyclic) bond motifs is 1. The molecule has 0 aliphatic rings. The van der Waals surface area contributed by atoms with Crippen LogP contribution in [0.25, 0.3) is 17.1 Å². The third-order valence-electron chi connectivity index (χ3n) is 3.96. The van der Waals surface area contributed by atoms with Crippen molar-refractivity contribution >= 4 is 51.9 Å². The number of nitrogens with one attached hydrogen (secondary N) is 1. The van der Waals surface area contributed by atoms with Crippen molar-refractivity contribution in [3.8, 4) is 0 Å². The van der Waals surface area contributed by atoms with Gasteiger partial charge in [0.1, 0.15) is 5.65 Å². The Morgan fingerprint density at radius 3 is 2.48 bits per heavy atom. The summed E-state index contributed by atoms with van der Waals surface area (Å²) < 4.78 is 2.25. The van der Waals surface area contributed by atoms with Gasteiger partial charge in [0.2, 0.25) is 5.91 Å². The smallest absolute Gasteiger partial charge is 0.321 e. The molecule has 2 heterocycles. The molecule has 0 unspecified atom stereocenters. The first-order valence-corrected chi connectivity index (χ1v) is 8.54. The van der Waals surface area contributed by atoms with E-state index < -0.39 is 17.2 Å². The standard InChI is InChI=1S/C18H14Cl2N4O3/c1-23-16-12(17(26)24(2)18(23)27)8-10(9-21-16)22-15(25)7-6-11-13(19)4-3-5-14(11)20/h3-9H,1-2H3,(H,22,25)/b7-6+. The average Bonchev–Trinajstić information content (AvgIpc) is 2.64. The Morgan fingerprint density at radius 1 is 1.15 bits per heavy atom. The van der Waals surface area contributed by atoms with Crippen LogP contribution < -0.4 is 16.6 Å². The van der Waals surface area contributed by atoms with Crippen molar-refractivity contribution in [2.45, 2.75) is 0 Å². The predicted octanol–water partition coefficient (Wildman–Crippen LogP) is 2.59. The molecule has 7 nitrogen and oxygen atoms in total. The summed E-state index contributed by atoms with van der Waals surface area (Å²) in [7, 11) is 2.90. The van der Waals surface area contributed by atoms with Crippen LogP contribution in [0.2, 0.25) is 10.0 Å². The monoisotopic (exact) mass is 404 g/mol. The summed E-state index contributed by atoms with van der Waals surface area (Å²) in [6.45, 7) is 0. The van der Waals surface area contributed by atoms with Gasteiger partial charge in [0.25, 0.3) is 5.56 Å². The van der Waals surface area contributed by atoms with Crippen molar-refractivity contribution in [1.82, 2.24) is 14.1 Å². The lowest BCUT2D eigenvalue weighted by molar-refractivity contribution is -0.111. The average molecular weight is 405 g/mol. The quantitative estimate of drug-likeness (QED) is 0.679. The van der Waals surface area contributed by atoms with Crippen molar-refractivity contribution in [3.05, 3.63) is 73.0 Å². The van der Waals surface area contributed by atoms with Crippen molar-refractivity contribution in [1.29, 1.82) is 0 Å². The fraction of sp³-hybridized carbons (Fsp3) is 0.111. The molecule has 27 heavy (non-hydrogen) atoms. The molecule has 1 N–H and O–H groups in total. The van der Waals surface area contributed by atoms with Crippen molar-refractivity contribution in [2.24, 2.45) is 14.1 Å². The molecule has 0 bridgehead atoms. The molecule has 0 fully saturated rings. The summed E-state index contributed by atoms with van der Waals surface area (Å²) in [5, 5.41) is 3.67. The molecule has 3 rings (SSSR count). The zero-order chi connectivity index (χ0) is 19.7. The largest absolute Gasteiger partial charge is 0.332 e. The number of nitrogens with zero attached hydrogens (tertiary/aromatic N) is 3. The van der Waals surface area contributed by atoms with E-state index in [4.69, 9.17) is 23.2 Å². The van der Waals surface area contributed by atoms with Gasteiger partial charge in [-0.05, 0) is 24.3 Å². The Labute approximate surface area is 163 Å². The van der Waals surface area contributed by atoms with Gasteiger partial charge in [-0.15, -0.1) is 0 Å². The Bertz CT molecular complexity index is 1190. The van der Waals surface area contributed by atoms with E-state index in [0.29, 0.717) is 21.3 Å². The van der Waals surface area contributed by atoms with Gasteiger partial charge in [0.05, 0.1) is 17.3 Å². The molecule has 0 spiro atoms. The van der Waals surface area contributed by atoms with E-state index in [-0.39, 0.29) is 11.0 Å². The number of aryl methyl sites for hydroxylation is 1. The lowest BCUT2D eigenvalue weighted by atomic mass is 10.2. The van der Waals surface area contributed by atoms with Crippen LogP contribution in [-0.2, 0) is 18.9 Å². The van der Waals surface area contributed by atoms with Gasteiger partial charge >= 0.3 is 5.69 Å². The second kappa shape index (κ2) is 7.38. The van der Waals surface area contributed by atoms with Gasteiger partial charge in [-0.2, -0.15) is 0 Å². The zero-order valence-corrected chi connectivity index (χ0v) is 15.9. The summed E-state index contributed by atoms with van der Waals surface area (Å²) in [6.07, 6.45) is 4.14. The SMILES string of the molecule is Cn1c(=O)c2cc(NC(=O)/C=C/c3c(Cl)cccc3Cl)cnc2n(C)c1=O. The molecule has 1 aromatic carbocycles. The highest BCUT2D eigenvalue weighted by atomic mass is 35.5. The molecule has 0 aliphatic heterocycles. The Morgan fingerprint density at radius 2 is 1.81 bits per heavy atom. The molecule has 1 amide bonds. The van der Waals surface area contributed by atoms with Crippen molar-refractivity contribution < 1.29 is 4.79 Å². The highest BCUT2D eigenvalue weighted by Gasteiger charge is 2.11. The minimum atomic E-state index is -0.491. The number of benzene rings is 1. The van der Waals surface area contributed by atoms with E-state index in [1.807, 2.05) is 0 Å². The Balaban J connectivity index is 1.91. The van der Waals surface area contributed by atoms with Crippen LogP contribution in [0.3, 0.4) is 0 Å². The van der Waals surface area contributed by atoms with E-state index >= 15 is 0 Å². The summed E-state index contributed by atoms with van der Waals surface area (Å²) in [6, 6.07) is 6.51. The first-order valence-electron chi connectivity index (χ1n) is 7.78. The highest BCUT2D eigenvalue weighted by Crippen LogP contribution is 2.25. The molecule has 138 valence electrons. The summed E-state index contributed by atoms with van der Waals surface area (Å²) in [5.41, 5.74) is 0.112.